The first-order valence-corrected chi connectivity index (χ1v) is 6.19. The van der Waals surface area contributed by atoms with E-state index in [1.54, 1.807) is 23.1 Å². The van der Waals surface area contributed by atoms with Gasteiger partial charge in [0, 0.05) is 24.7 Å². The van der Waals surface area contributed by atoms with E-state index in [0.29, 0.717) is 23.1 Å². The molecule has 5 heteroatoms. The van der Waals surface area contributed by atoms with Gasteiger partial charge in [-0.05, 0) is 18.2 Å². The molecule has 0 aliphatic heterocycles. The minimum atomic E-state index is -0.0870. The van der Waals surface area contributed by atoms with Crippen LogP contribution < -0.4 is 10.6 Å². The zero-order chi connectivity index (χ0) is 13.0. The molecular weight excluding hydrogens is 259 g/mol. The zero-order valence-corrected chi connectivity index (χ0v) is 11.4. The fraction of sp³-hybridized carbons (Fsp3) is 0.417. The maximum Gasteiger partial charge on any atom is 0.229 e. The molecule has 1 aromatic carbocycles. The molecular formula is C12H16Cl2N2O. The highest BCUT2D eigenvalue weighted by Gasteiger charge is 2.18. The van der Waals surface area contributed by atoms with Gasteiger partial charge in [0.2, 0.25) is 5.91 Å². The van der Waals surface area contributed by atoms with Gasteiger partial charge in [0.1, 0.15) is 0 Å². The molecule has 0 heterocycles. The van der Waals surface area contributed by atoms with Crippen molar-refractivity contribution in [1.29, 1.82) is 0 Å². The summed E-state index contributed by atoms with van der Waals surface area (Å²) < 4.78 is 0. The van der Waals surface area contributed by atoms with E-state index in [2.05, 4.69) is 0 Å². The van der Waals surface area contributed by atoms with Gasteiger partial charge in [0.15, 0.2) is 0 Å². The standard InChI is InChI=1S/C12H16Cl2N2O/c1-8(2)12(17)16(6-5-15)9-3-4-10(13)11(14)7-9/h3-4,7-8H,5-6,15H2,1-2H3. The van der Waals surface area contributed by atoms with Crippen molar-refractivity contribution in [1.82, 2.24) is 0 Å². The van der Waals surface area contributed by atoms with E-state index < -0.39 is 0 Å². The van der Waals surface area contributed by atoms with E-state index in [9.17, 15) is 4.79 Å². The molecule has 0 fully saturated rings. The third-order valence-corrected chi connectivity index (χ3v) is 3.07. The fourth-order valence-corrected chi connectivity index (χ4v) is 1.75. The molecule has 0 atom stereocenters. The number of halogens is 2. The van der Waals surface area contributed by atoms with Crippen LogP contribution in [0.3, 0.4) is 0 Å². The number of nitrogens with zero attached hydrogens (tertiary/aromatic N) is 1. The second kappa shape index (κ2) is 6.24. The second-order valence-corrected chi connectivity index (χ2v) is 4.85. The van der Waals surface area contributed by atoms with Gasteiger partial charge in [-0.2, -0.15) is 0 Å². The number of rotatable bonds is 4. The lowest BCUT2D eigenvalue weighted by Gasteiger charge is -2.24. The molecule has 0 aliphatic rings. The van der Waals surface area contributed by atoms with Crippen LogP contribution in [0, 0.1) is 5.92 Å². The number of carbonyl (C=O) groups is 1. The topological polar surface area (TPSA) is 46.3 Å². The lowest BCUT2D eigenvalue weighted by Crippen LogP contribution is -2.38. The molecule has 2 N–H and O–H groups in total. The van der Waals surface area contributed by atoms with Gasteiger partial charge >= 0.3 is 0 Å². The summed E-state index contributed by atoms with van der Waals surface area (Å²) in [7, 11) is 0. The maximum absolute atomic E-state index is 12.0. The zero-order valence-electron chi connectivity index (χ0n) is 9.91. The maximum atomic E-state index is 12.0. The van der Waals surface area contributed by atoms with Crippen molar-refractivity contribution in [3.05, 3.63) is 28.2 Å². The molecule has 0 unspecified atom stereocenters. The number of amides is 1. The van der Waals surface area contributed by atoms with Crippen LogP contribution in [0.15, 0.2) is 18.2 Å². The molecule has 0 aromatic heterocycles. The predicted octanol–water partition coefficient (Wildman–Crippen LogP) is 2.94. The van der Waals surface area contributed by atoms with Crippen molar-refractivity contribution in [2.45, 2.75) is 13.8 Å². The number of benzene rings is 1. The Kier molecular flexibility index (Phi) is 5.25. The summed E-state index contributed by atoms with van der Waals surface area (Å²) in [5, 5.41) is 0.905. The summed E-state index contributed by atoms with van der Waals surface area (Å²) in [6.45, 7) is 4.57. The first-order chi connectivity index (χ1) is 7.97. The Morgan fingerprint density at radius 2 is 2.00 bits per heavy atom. The molecule has 1 amide bonds. The molecule has 1 rings (SSSR count). The SMILES string of the molecule is CC(C)C(=O)N(CCN)c1ccc(Cl)c(Cl)c1. The van der Waals surface area contributed by atoms with E-state index in [0.717, 1.165) is 5.69 Å². The van der Waals surface area contributed by atoms with Gasteiger partial charge in [-0.3, -0.25) is 4.79 Å². The quantitative estimate of drug-likeness (QED) is 0.918. The Bertz CT molecular complexity index is 407. The second-order valence-electron chi connectivity index (χ2n) is 4.03. The van der Waals surface area contributed by atoms with Crippen LogP contribution in [0.25, 0.3) is 0 Å². The number of nitrogens with two attached hydrogens (primary N) is 1. The van der Waals surface area contributed by atoms with E-state index in [-0.39, 0.29) is 11.8 Å². The fourth-order valence-electron chi connectivity index (χ4n) is 1.46. The number of anilines is 1. The van der Waals surface area contributed by atoms with Crippen molar-refractivity contribution in [3.63, 3.8) is 0 Å². The molecule has 1 aromatic rings. The monoisotopic (exact) mass is 274 g/mol. The molecule has 3 nitrogen and oxygen atoms in total. The predicted molar refractivity (Wildman–Crippen MR) is 72.7 cm³/mol. The van der Waals surface area contributed by atoms with Crippen LogP contribution in [0.5, 0.6) is 0 Å². The Morgan fingerprint density at radius 1 is 1.35 bits per heavy atom. The van der Waals surface area contributed by atoms with Gasteiger partial charge in [0.05, 0.1) is 10.0 Å². The largest absolute Gasteiger partial charge is 0.329 e. The first-order valence-electron chi connectivity index (χ1n) is 5.44. The lowest BCUT2D eigenvalue weighted by molar-refractivity contribution is -0.121. The Balaban J connectivity index is 3.05. The van der Waals surface area contributed by atoms with Gasteiger partial charge < -0.3 is 10.6 Å². The van der Waals surface area contributed by atoms with Crippen LogP contribution in [0.4, 0.5) is 5.69 Å². The normalized spacial score (nSPS) is 10.7. The molecule has 0 radical (unpaired) electrons. The van der Waals surface area contributed by atoms with Gasteiger partial charge in [0.25, 0.3) is 0 Å². The van der Waals surface area contributed by atoms with Crippen LogP contribution >= 0.6 is 23.2 Å². The van der Waals surface area contributed by atoms with Crippen molar-refractivity contribution in [2.24, 2.45) is 11.7 Å². The minimum absolute atomic E-state index is 0.0221. The van der Waals surface area contributed by atoms with E-state index >= 15 is 0 Å². The Morgan fingerprint density at radius 3 is 2.47 bits per heavy atom. The third-order valence-electron chi connectivity index (χ3n) is 2.33. The van der Waals surface area contributed by atoms with E-state index in [1.165, 1.54) is 0 Å². The molecule has 0 saturated heterocycles. The Labute approximate surface area is 111 Å². The van der Waals surface area contributed by atoms with Gasteiger partial charge in [-0.15, -0.1) is 0 Å². The van der Waals surface area contributed by atoms with Crippen molar-refractivity contribution in [3.8, 4) is 0 Å². The number of hydrogen-bond donors (Lipinski definition) is 1. The summed E-state index contributed by atoms with van der Waals surface area (Å²) in [6, 6.07) is 5.13. The van der Waals surface area contributed by atoms with Crippen molar-refractivity contribution in [2.75, 3.05) is 18.0 Å². The summed E-state index contributed by atoms with van der Waals surface area (Å²) in [5.41, 5.74) is 6.25. The highest BCUT2D eigenvalue weighted by atomic mass is 35.5. The highest BCUT2D eigenvalue weighted by molar-refractivity contribution is 6.42. The summed E-state index contributed by atoms with van der Waals surface area (Å²) in [5.74, 6) is -0.0650. The minimum Gasteiger partial charge on any atom is -0.329 e. The Hall–Kier alpha value is -0.770. The molecule has 17 heavy (non-hydrogen) atoms. The molecule has 0 spiro atoms. The van der Waals surface area contributed by atoms with Crippen LogP contribution in [-0.4, -0.2) is 19.0 Å². The third kappa shape index (κ3) is 3.60. The average molecular weight is 275 g/mol. The van der Waals surface area contributed by atoms with Crippen molar-refractivity contribution < 1.29 is 4.79 Å². The summed E-state index contributed by atoms with van der Waals surface area (Å²) in [4.78, 5) is 13.7. The summed E-state index contributed by atoms with van der Waals surface area (Å²) in [6.07, 6.45) is 0. The average Bonchev–Trinajstić information content (AvgIpc) is 2.29. The van der Waals surface area contributed by atoms with Crippen LogP contribution in [0.1, 0.15) is 13.8 Å². The highest BCUT2D eigenvalue weighted by Crippen LogP contribution is 2.27. The van der Waals surface area contributed by atoms with E-state index in [4.69, 9.17) is 28.9 Å². The van der Waals surface area contributed by atoms with Gasteiger partial charge in [-0.25, -0.2) is 0 Å². The molecule has 94 valence electrons. The number of hydrogen-bond acceptors (Lipinski definition) is 2. The smallest absolute Gasteiger partial charge is 0.229 e. The van der Waals surface area contributed by atoms with Crippen LogP contribution in [0.2, 0.25) is 10.0 Å². The van der Waals surface area contributed by atoms with Crippen molar-refractivity contribution >= 4 is 34.8 Å². The molecule has 0 aliphatic carbocycles. The van der Waals surface area contributed by atoms with E-state index in [1.807, 2.05) is 13.8 Å². The van der Waals surface area contributed by atoms with Gasteiger partial charge in [-0.1, -0.05) is 37.0 Å². The lowest BCUT2D eigenvalue weighted by atomic mass is 10.1. The molecule has 0 saturated carbocycles. The molecule has 0 bridgehead atoms. The number of carbonyl (C=O) groups excluding carboxylic acids is 1. The summed E-state index contributed by atoms with van der Waals surface area (Å²) >= 11 is 11.8. The first kappa shape index (κ1) is 14.3. The van der Waals surface area contributed by atoms with Crippen LogP contribution in [-0.2, 0) is 4.79 Å².